The van der Waals surface area contributed by atoms with Crippen molar-refractivity contribution in [1.82, 2.24) is 10.2 Å². The summed E-state index contributed by atoms with van der Waals surface area (Å²) in [6.07, 6.45) is 0.934. The van der Waals surface area contributed by atoms with Gasteiger partial charge in [0.15, 0.2) is 0 Å². The van der Waals surface area contributed by atoms with E-state index in [1.807, 2.05) is 0 Å². The number of rotatable bonds is 4. The normalized spacial score (nSPS) is 19.9. The van der Waals surface area contributed by atoms with Crippen LogP contribution in [0.25, 0.3) is 0 Å². The van der Waals surface area contributed by atoms with Crippen molar-refractivity contribution < 1.29 is 9.59 Å². The number of hydrogen-bond donors (Lipinski definition) is 2. The molecule has 21 heavy (non-hydrogen) atoms. The summed E-state index contributed by atoms with van der Waals surface area (Å²) in [7, 11) is 0. The molecule has 1 heterocycles. The topological polar surface area (TPSA) is 84.0 Å². The Morgan fingerprint density at radius 2 is 2.14 bits per heavy atom. The number of benzene rings is 1. The third kappa shape index (κ3) is 3.25. The average molecular weight is 302 g/mol. The third-order valence-electron chi connectivity index (χ3n) is 3.42. The van der Waals surface area contributed by atoms with Crippen molar-refractivity contribution in [3.8, 4) is 0 Å². The van der Waals surface area contributed by atoms with Gasteiger partial charge in [-0.3, -0.25) is 14.9 Å². The molecule has 0 bridgehead atoms. The zero-order valence-electron chi connectivity index (χ0n) is 11.4. The number of nitrogens with one attached hydrogen (secondary N) is 2. The van der Waals surface area contributed by atoms with Gasteiger partial charge in [0, 0.05) is 17.2 Å². The molecule has 3 rings (SSSR count). The van der Waals surface area contributed by atoms with Gasteiger partial charge in [0.2, 0.25) is 11.0 Å². The molecule has 2 aromatic rings. The molecule has 0 aliphatic heterocycles. The molecule has 7 heteroatoms. The van der Waals surface area contributed by atoms with Gasteiger partial charge in [-0.05, 0) is 30.5 Å². The molecule has 6 nitrogen and oxygen atoms in total. The number of carbonyl (C=O) groups excluding carboxylic acids is 2. The van der Waals surface area contributed by atoms with E-state index in [2.05, 4.69) is 27.8 Å². The second kappa shape index (κ2) is 5.61. The maximum atomic E-state index is 12.1. The molecule has 1 fully saturated rings. The molecule has 1 aromatic heterocycles. The molecule has 108 valence electrons. The van der Waals surface area contributed by atoms with Gasteiger partial charge in [0.25, 0.3) is 5.91 Å². The lowest BCUT2D eigenvalue weighted by atomic mass is 10.2. The van der Waals surface area contributed by atoms with Crippen LogP contribution in [0.4, 0.5) is 10.8 Å². The van der Waals surface area contributed by atoms with Gasteiger partial charge in [-0.1, -0.05) is 24.3 Å². The molecule has 0 saturated heterocycles. The Morgan fingerprint density at radius 1 is 1.33 bits per heavy atom. The Morgan fingerprint density at radius 3 is 2.81 bits per heavy atom. The van der Waals surface area contributed by atoms with Crippen molar-refractivity contribution in [2.75, 3.05) is 10.6 Å². The Bertz CT molecular complexity index is 671. The number of aromatic nitrogens is 2. The second-order valence-corrected chi connectivity index (χ2v) is 5.92. The van der Waals surface area contributed by atoms with Crippen LogP contribution in [0.3, 0.4) is 0 Å². The van der Waals surface area contributed by atoms with Gasteiger partial charge in [-0.2, -0.15) is 0 Å². The van der Waals surface area contributed by atoms with Crippen molar-refractivity contribution in [1.29, 1.82) is 0 Å². The smallest absolute Gasteiger partial charge is 0.257 e. The number of carbonyl (C=O) groups is 2. The van der Waals surface area contributed by atoms with Gasteiger partial charge in [-0.25, -0.2) is 0 Å². The van der Waals surface area contributed by atoms with E-state index >= 15 is 0 Å². The summed E-state index contributed by atoms with van der Waals surface area (Å²) in [6.45, 7) is 2.05. The molecule has 1 aromatic carbocycles. The summed E-state index contributed by atoms with van der Waals surface area (Å²) in [4.78, 5) is 24.0. The first-order chi connectivity index (χ1) is 10.1. The number of hydrogen-bond acceptors (Lipinski definition) is 5. The minimum Gasteiger partial charge on any atom is -0.326 e. The van der Waals surface area contributed by atoms with E-state index in [1.54, 1.807) is 29.8 Å². The van der Waals surface area contributed by atoms with Crippen molar-refractivity contribution in [3.05, 3.63) is 35.3 Å². The van der Waals surface area contributed by atoms with Crippen molar-refractivity contribution >= 4 is 34.0 Å². The Kier molecular flexibility index (Phi) is 3.66. The standard InChI is InChI=1S/C14H14N4O2S/c1-8-5-11(8)13(20)16-10-4-2-3-9(6-10)12(19)17-14-18-15-7-21-14/h2-4,6-8,11H,5H2,1H3,(H,16,20)(H,17,18,19). The van der Waals surface area contributed by atoms with Gasteiger partial charge < -0.3 is 5.32 Å². The summed E-state index contributed by atoms with van der Waals surface area (Å²) >= 11 is 1.25. The lowest BCUT2D eigenvalue weighted by Gasteiger charge is -2.07. The first-order valence-corrected chi connectivity index (χ1v) is 7.50. The summed E-state index contributed by atoms with van der Waals surface area (Å²) in [6, 6.07) is 6.85. The van der Waals surface area contributed by atoms with E-state index in [0.717, 1.165) is 6.42 Å². The molecule has 2 unspecified atom stereocenters. The first-order valence-electron chi connectivity index (χ1n) is 6.62. The van der Waals surface area contributed by atoms with Gasteiger partial charge in [0.1, 0.15) is 5.51 Å². The van der Waals surface area contributed by atoms with Crippen molar-refractivity contribution in [3.63, 3.8) is 0 Å². The van der Waals surface area contributed by atoms with Crippen molar-refractivity contribution in [2.45, 2.75) is 13.3 Å². The Balaban J connectivity index is 1.67. The monoisotopic (exact) mass is 302 g/mol. The van der Waals surface area contributed by atoms with E-state index in [-0.39, 0.29) is 17.7 Å². The molecule has 2 atom stereocenters. The molecule has 1 aliphatic carbocycles. The molecule has 0 spiro atoms. The second-order valence-electron chi connectivity index (χ2n) is 5.09. The first kappa shape index (κ1) is 13.7. The highest BCUT2D eigenvalue weighted by molar-refractivity contribution is 7.13. The quantitative estimate of drug-likeness (QED) is 0.908. The van der Waals surface area contributed by atoms with Gasteiger partial charge in [0.05, 0.1) is 0 Å². The zero-order chi connectivity index (χ0) is 14.8. The largest absolute Gasteiger partial charge is 0.326 e. The van der Waals surface area contributed by atoms with Crippen LogP contribution in [0, 0.1) is 11.8 Å². The van der Waals surface area contributed by atoms with E-state index in [0.29, 0.717) is 22.3 Å². The fraction of sp³-hybridized carbons (Fsp3) is 0.286. The molecular weight excluding hydrogens is 288 g/mol. The van der Waals surface area contributed by atoms with E-state index in [1.165, 1.54) is 11.3 Å². The predicted molar refractivity (Wildman–Crippen MR) is 80.2 cm³/mol. The summed E-state index contributed by atoms with van der Waals surface area (Å²) in [5, 5.41) is 13.4. The van der Waals surface area contributed by atoms with E-state index < -0.39 is 0 Å². The lowest BCUT2D eigenvalue weighted by molar-refractivity contribution is -0.117. The minimum atomic E-state index is -0.275. The molecule has 1 aliphatic rings. The van der Waals surface area contributed by atoms with Crippen LogP contribution >= 0.6 is 11.3 Å². The number of nitrogens with zero attached hydrogens (tertiary/aromatic N) is 2. The molecule has 0 radical (unpaired) electrons. The van der Waals surface area contributed by atoms with Crippen LogP contribution in [0.5, 0.6) is 0 Å². The number of amides is 2. The summed E-state index contributed by atoms with van der Waals surface area (Å²) in [5.74, 6) is 0.296. The fourth-order valence-electron chi connectivity index (χ4n) is 2.06. The van der Waals surface area contributed by atoms with Crippen LogP contribution in [0.1, 0.15) is 23.7 Å². The molecular formula is C14H14N4O2S. The van der Waals surface area contributed by atoms with Crippen LogP contribution in [-0.2, 0) is 4.79 Å². The van der Waals surface area contributed by atoms with Crippen LogP contribution < -0.4 is 10.6 Å². The van der Waals surface area contributed by atoms with Crippen LogP contribution in [0.15, 0.2) is 29.8 Å². The third-order valence-corrected chi connectivity index (χ3v) is 4.03. The Labute approximate surface area is 125 Å². The maximum absolute atomic E-state index is 12.1. The molecule has 2 N–H and O–H groups in total. The van der Waals surface area contributed by atoms with E-state index in [9.17, 15) is 9.59 Å². The summed E-state index contributed by atoms with van der Waals surface area (Å²) < 4.78 is 0. The highest BCUT2D eigenvalue weighted by Gasteiger charge is 2.39. The average Bonchev–Trinajstić information content (AvgIpc) is 2.98. The van der Waals surface area contributed by atoms with Crippen LogP contribution in [0.2, 0.25) is 0 Å². The van der Waals surface area contributed by atoms with Crippen LogP contribution in [-0.4, -0.2) is 22.0 Å². The maximum Gasteiger partial charge on any atom is 0.257 e. The SMILES string of the molecule is CC1CC1C(=O)Nc1cccc(C(=O)Nc2nncs2)c1. The minimum absolute atomic E-state index is 0.0178. The van der Waals surface area contributed by atoms with Gasteiger partial charge in [-0.15, -0.1) is 10.2 Å². The van der Waals surface area contributed by atoms with Gasteiger partial charge >= 0.3 is 0 Å². The molecule has 2 amide bonds. The highest BCUT2D eigenvalue weighted by Crippen LogP contribution is 2.38. The summed E-state index contributed by atoms with van der Waals surface area (Å²) in [5.41, 5.74) is 2.64. The van der Waals surface area contributed by atoms with Crippen molar-refractivity contribution in [2.24, 2.45) is 11.8 Å². The Hall–Kier alpha value is -2.28. The number of anilines is 2. The zero-order valence-corrected chi connectivity index (χ0v) is 12.2. The molecule has 1 saturated carbocycles. The lowest BCUT2D eigenvalue weighted by Crippen LogP contribution is -2.16. The highest BCUT2D eigenvalue weighted by atomic mass is 32.1. The fourth-order valence-corrected chi connectivity index (χ4v) is 2.50. The predicted octanol–water partition coefficient (Wildman–Crippen LogP) is 2.38. The van der Waals surface area contributed by atoms with E-state index in [4.69, 9.17) is 0 Å².